The van der Waals surface area contributed by atoms with Gasteiger partial charge in [0, 0.05) is 50.9 Å². The van der Waals surface area contributed by atoms with Crippen LogP contribution in [0.5, 0.6) is 0 Å². The quantitative estimate of drug-likeness (QED) is 0.498. The molecule has 1 aromatic carbocycles. The first-order chi connectivity index (χ1) is 13.7. The first kappa shape index (κ1) is 20.6. The molecule has 0 radical (unpaired) electrons. The first-order valence-electron chi connectivity index (χ1n) is 10.8. The summed E-state index contributed by atoms with van der Waals surface area (Å²) in [5.41, 5.74) is 1.97. The topological polar surface area (TPSA) is 68.8 Å². The zero-order valence-electron chi connectivity index (χ0n) is 17.3. The van der Waals surface area contributed by atoms with E-state index in [9.17, 15) is 4.79 Å². The van der Waals surface area contributed by atoms with Crippen LogP contribution in [0.25, 0.3) is 0 Å². The van der Waals surface area contributed by atoms with Gasteiger partial charge in [0.05, 0.1) is 0 Å². The highest BCUT2D eigenvalue weighted by Crippen LogP contribution is 2.26. The highest BCUT2D eigenvalue weighted by atomic mass is 16.1. The van der Waals surface area contributed by atoms with Gasteiger partial charge < -0.3 is 16.0 Å². The van der Waals surface area contributed by atoms with Crippen LogP contribution in [0, 0.1) is 0 Å². The molecule has 3 rings (SSSR count). The Morgan fingerprint density at radius 2 is 2.07 bits per heavy atom. The first-order valence-corrected chi connectivity index (χ1v) is 10.8. The molecule has 2 fully saturated rings. The highest BCUT2D eigenvalue weighted by Gasteiger charge is 2.30. The molecule has 6 nitrogen and oxygen atoms in total. The monoisotopic (exact) mass is 385 g/mol. The zero-order chi connectivity index (χ0) is 19.8. The number of rotatable bonds is 7. The van der Waals surface area contributed by atoms with E-state index in [1.165, 1.54) is 38.6 Å². The number of hydrogen-bond acceptors (Lipinski definition) is 3. The third-order valence-corrected chi connectivity index (χ3v) is 5.77. The van der Waals surface area contributed by atoms with Crippen molar-refractivity contribution in [1.29, 1.82) is 0 Å². The molecule has 1 saturated carbocycles. The van der Waals surface area contributed by atoms with E-state index in [1.807, 2.05) is 32.2 Å². The third kappa shape index (κ3) is 5.96. The Kier molecular flexibility index (Phi) is 7.71. The molecule has 3 N–H and O–H groups in total. The Hall–Kier alpha value is -2.08. The van der Waals surface area contributed by atoms with Gasteiger partial charge in [-0.3, -0.25) is 14.7 Å². The SMILES string of the molecule is CCCC(=O)Nc1cccc(CNC(=NC)NC2CCN(C3CCCC3)C2)c1. The van der Waals surface area contributed by atoms with Crippen molar-refractivity contribution < 1.29 is 4.79 Å². The van der Waals surface area contributed by atoms with Crippen LogP contribution >= 0.6 is 0 Å². The maximum atomic E-state index is 11.8. The molecule has 1 aromatic rings. The lowest BCUT2D eigenvalue weighted by atomic mass is 10.2. The Morgan fingerprint density at radius 1 is 1.25 bits per heavy atom. The van der Waals surface area contributed by atoms with Gasteiger partial charge in [-0.2, -0.15) is 0 Å². The largest absolute Gasteiger partial charge is 0.352 e. The lowest BCUT2D eigenvalue weighted by molar-refractivity contribution is -0.116. The minimum atomic E-state index is 0.0677. The third-order valence-electron chi connectivity index (χ3n) is 5.77. The fourth-order valence-corrected chi connectivity index (χ4v) is 4.29. The van der Waals surface area contributed by atoms with Gasteiger partial charge in [0.2, 0.25) is 5.91 Å². The van der Waals surface area contributed by atoms with Crippen molar-refractivity contribution in [2.45, 2.75) is 70.5 Å². The van der Waals surface area contributed by atoms with E-state index in [2.05, 4.69) is 31.9 Å². The van der Waals surface area contributed by atoms with Crippen molar-refractivity contribution in [2.24, 2.45) is 4.99 Å². The van der Waals surface area contributed by atoms with E-state index in [1.54, 1.807) is 0 Å². The Morgan fingerprint density at radius 3 is 2.82 bits per heavy atom. The molecule has 0 aromatic heterocycles. The molecular weight excluding hydrogens is 350 g/mol. The summed E-state index contributed by atoms with van der Waals surface area (Å²) < 4.78 is 0. The summed E-state index contributed by atoms with van der Waals surface area (Å²) in [5, 5.41) is 9.95. The molecule has 1 unspecified atom stereocenters. The van der Waals surface area contributed by atoms with Crippen LogP contribution in [0.2, 0.25) is 0 Å². The minimum Gasteiger partial charge on any atom is -0.352 e. The van der Waals surface area contributed by atoms with Crippen LogP contribution < -0.4 is 16.0 Å². The molecule has 1 amide bonds. The molecule has 0 bridgehead atoms. The average molecular weight is 386 g/mol. The highest BCUT2D eigenvalue weighted by molar-refractivity contribution is 5.90. The number of anilines is 1. The number of nitrogens with zero attached hydrogens (tertiary/aromatic N) is 2. The van der Waals surface area contributed by atoms with Crippen LogP contribution in [0.3, 0.4) is 0 Å². The minimum absolute atomic E-state index is 0.0677. The molecule has 0 spiro atoms. The van der Waals surface area contributed by atoms with Crippen molar-refractivity contribution in [3.63, 3.8) is 0 Å². The fraction of sp³-hybridized carbons (Fsp3) is 0.636. The molecular formula is C22H35N5O. The number of carbonyl (C=O) groups excluding carboxylic acids is 1. The van der Waals surface area contributed by atoms with Gasteiger partial charge in [0.1, 0.15) is 0 Å². The maximum absolute atomic E-state index is 11.8. The van der Waals surface area contributed by atoms with Crippen LogP contribution in [0.15, 0.2) is 29.3 Å². The number of benzene rings is 1. The van der Waals surface area contributed by atoms with Gasteiger partial charge in [-0.25, -0.2) is 0 Å². The van der Waals surface area contributed by atoms with Crippen molar-refractivity contribution in [2.75, 3.05) is 25.5 Å². The summed E-state index contributed by atoms with van der Waals surface area (Å²) in [4.78, 5) is 18.8. The second kappa shape index (κ2) is 10.5. The van der Waals surface area contributed by atoms with Gasteiger partial charge in [-0.05, 0) is 43.4 Å². The van der Waals surface area contributed by atoms with Gasteiger partial charge in [-0.1, -0.05) is 31.9 Å². The van der Waals surface area contributed by atoms with Gasteiger partial charge in [-0.15, -0.1) is 0 Å². The molecule has 1 saturated heterocycles. The van der Waals surface area contributed by atoms with Crippen LogP contribution in [0.4, 0.5) is 5.69 Å². The number of amides is 1. The van der Waals surface area contributed by atoms with Crippen molar-refractivity contribution in [1.82, 2.24) is 15.5 Å². The number of guanidine groups is 1. The Labute approximate surface area is 169 Å². The molecule has 6 heteroatoms. The lowest BCUT2D eigenvalue weighted by Crippen LogP contribution is -2.45. The van der Waals surface area contributed by atoms with Crippen molar-refractivity contribution in [3.05, 3.63) is 29.8 Å². The summed E-state index contributed by atoms with van der Waals surface area (Å²) in [6, 6.07) is 9.25. The summed E-state index contributed by atoms with van der Waals surface area (Å²) >= 11 is 0. The van der Waals surface area contributed by atoms with E-state index in [-0.39, 0.29) is 5.91 Å². The molecule has 1 atom stereocenters. The normalized spacial score (nSPS) is 21.1. The van der Waals surface area contributed by atoms with E-state index >= 15 is 0 Å². The molecule has 28 heavy (non-hydrogen) atoms. The number of aliphatic imine (C=N–C) groups is 1. The fourth-order valence-electron chi connectivity index (χ4n) is 4.29. The van der Waals surface area contributed by atoms with Gasteiger partial charge in [0.15, 0.2) is 5.96 Å². The summed E-state index contributed by atoms with van der Waals surface area (Å²) in [6.07, 6.45) is 8.10. The maximum Gasteiger partial charge on any atom is 0.224 e. The van der Waals surface area contributed by atoms with Crippen molar-refractivity contribution >= 4 is 17.6 Å². The van der Waals surface area contributed by atoms with Gasteiger partial charge >= 0.3 is 0 Å². The molecule has 2 aliphatic rings. The second-order valence-corrected chi connectivity index (χ2v) is 7.99. The van der Waals surface area contributed by atoms with E-state index < -0.39 is 0 Å². The van der Waals surface area contributed by atoms with Gasteiger partial charge in [0.25, 0.3) is 0 Å². The summed E-state index contributed by atoms with van der Waals surface area (Å²) in [5.74, 6) is 0.914. The molecule has 1 heterocycles. The number of nitrogens with one attached hydrogen (secondary N) is 3. The Bertz CT molecular complexity index is 669. The molecule has 154 valence electrons. The number of hydrogen-bond donors (Lipinski definition) is 3. The average Bonchev–Trinajstić information content (AvgIpc) is 3.37. The van der Waals surface area contributed by atoms with Crippen LogP contribution in [-0.4, -0.2) is 49.0 Å². The second-order valence-electron chi connectivity index (χ2n) is 7.99. The Balaban J connectivity index is 1.46. The zero-order valence-corrected chi connectivity index (χ0v) is 17.3. The lowest BCUT2D eigenvalue weighted by Gasteiger charge is -2.24. The molecule has 1 aliphatic carbocycles. The number of carbonyl (C=O) groups is 1. The predicted molar refractivity (Wildman–Crippen MR) is 116 cm³/mol. The standard InChI is InChI=1S/C22H35N5O/c1-3-7-21(28)25-18-9-6-8-17(14-18)15-24-22(23-2)26-19-12-13-27(16-19)20-10-4-5-11-20/h6,8-9,14,19-20H,3-5,7,10-13,15-16H2,1-2H3,(H,25,28)(H2,23,24,26). The molecule has 1 aliphatic heterocycles. The number of likely N-dealkylation sites (tertiary alicyclic amines) is 1. The summed E-state index contributed by atoms with van der Waals surface area (Å²) in [6.45, 7) is 5.00. The van der Waals surface area contributed by atoms with E-state index in [0.29, 0.717) is 19.0 Å². The smallest absolute Gasteiger partial charge is 0.224 e. The van der Waals surface area contributed by atoms with Crippen LogP contribution in [-0.2, 0) is 11.3 Å². The van der Waals surface area contributed by atoms with E-state index in [4.69, 9.17) is 0 Å². The van der Waals surface area contributed by atoms with E-state index in [0.717, 1.165) is 36.2 Å². The summed E-state index contributed by atoms with van der Waals surface area (Å²) in [7, 11) is 1.82. The van der Waals surface area contributed by atoms with Crippen molar-refractivity contribution in [3.8, 4) is 0 Å². The predicted octanol–water partition coefficient (Wildman–Crippen LogP) is 3.11. The van der Waals surface area contributed by atoms with Crippen LogP contribution in [0.1, 0.15) is 57.4 Å².